The van der Waals surface area contributed by atoms with Gasteiger partial charge in [-0.1, -0.05) is 18.2 Å². The third-order valence-electron chi connectivity index (χ3n) is 5.99. The van der Waals surface area contributed by atoms with Crippen LogP contribution < -0.4 is 10.1 Å². The highest BCUT2D eigenvalue weighted by atomic mass is 19.4. The summed E-state index contributed by atoms with van der Waals surface area (Å²) in [5.41, 5.74) is 0.559. The summed E-state index contributed by atoms with van der Waals surface area (Å²) in [4.78, 5) is 8.41. The number of anilines is 1. The minimum absolute atomic E-state index is 0.0920. The van der Waals surface area contributed by atoms with Crippen LogP contribution in [0.5, 0.6) is 5.75 Å². The van der Waals surface area contributed by atoms with Crippen molar-refractivity contribution in [1.82, 2.24) is 9.97 Å². The summed E-state index contributed by atoms with van der Waals surface area (Å²) in [6.07, 6.45) is 1.95. The van der Waals surface area contributed by atoms with E-state index in [9.17, 15) is 13.2 Å². The molecule has 4 nitrogen and oxygen atoms in total. The van der Waals surface area contributed by atoms with Gasteiger partial charge in [0.2, 0.25) is 0 Å². The molecule has 3 aromatic rings. The molecule has 0 saturated heterocycles. The predicted octanol–water partition coefficient (Wildman–Crippen LogP) is 5.90. The van der Waals surface area contributed by atoms with Gasteiger partial charge in [0.05, 0.1) is 17.1 Å². The highest BCUT2D eigenvalue weighted by Crippen LogP contribution is 2.48. The maximum absolute atomic E-state index is 13.2. The van der Waals surface area contributed by atoms with Gasteiger partial charge >= 0.3 is 6.18 Å². The molecule has 29 heavy (non-hydrogen) atoms. The van der Waals surface area contributed by atoms with E-state index in [4.69, 9.17) is 4.74 Å². The van der Waals surface area contributed by atoms with Crippen LogP contribution in [0.2, 0.25) is 0 Å². The molecule has 2 heterocycles. The number of halogens is 3. The van der Waals surface area contributed by atoms with Gasteiger partial charge < -0.3 is 10.1 Å². The summed E-state index contributed by atoms with van der Waals surface area (Å²) in [5.74, 6) is 1.25. The van der Waals surface area contributed by atoms with E-state index in [1.165, 1.54) is 12.4 Å². The molecule has 1 unspecified atom stereocenters. The Labute approximate surface area is 166 Å². The number of rotatable bonds is 2. The van der Waals surface area contributed by atoms with Crippen LogP contribution >= 0.6 is 0 Å². The molecule has 1 aliphatic carbocycles. The molecule has 150 valence electrons. The number of nitrogens with zero attached hydrogens (tertiary/aromatic N) is 2. The molecule has 2 aromatic carbocycles. The minimum atomic E-state index is -4.42. The van der Waals surface area contributed by atoms with Crippen LogP contribution in [0, 0.1) is 0 Å². The quantitative estimate of drug-likeness (QED) is 0.583. The van der Waals surface area contributed by atoms with Crippen LogP contribution in [-0.4, -0.2) is 15.6 Å². The van der Waals surface area contributed by atoms with E-state index in [1.807, 2.05) is 24.3 Å². The van der Waals surface area contributed by atoms with Gasteiger partial charge in [-0.05, 0) is 49.9 Å². The zero-order valence-electron chi connectivity index (χ0n) is 15.7. The maximum Gasteiger partial charge on any atom is 0.416 e. The number of ether oxygens (including phenoxy) is 1. The Morgan fingerprint density at radius 2 is 1.83 bits per heavy atom. The van der Waals surface area contributed by atoms with E-state index in [-0.39, 0.29) is 11.6 Å². The Morgan fingerprint density at radius 3 is 2.62 bits per heavy atom. The molecular formula is C22H20F3N3O. The molecule has 0 bridgehead atoms. The molecule has 0 amide bonds. The molecule has 1 saturated carbocycles. The van der Waals surface area contributed by atoms with Crippen LogP contribution in [0.25, 0.3) is 10.9 Å². The van der Waals surface area contributed by atoms with E-state index in [0.717, 1.165) is 55.5 Å². The number of hydrogen-bond donors (Lipinski definition) is 1. The lowest BCUT2D eigenvalue weighted by atomic mass is 9.86. The summed E-state index contributed by atoms with van der Waals surface area (Å²) in [6, 6.07) is 11.3. The Balaban J connectivity index is 1.56. The molecule has 1 N–H and O–H groups in total. The van der Waals surface area contributed by atoms with Crippen molar-refractivity contribution >= 4 is 16.7 Å². The minimum Gasteiger partial charge on any atom is -0.487 e. The first-order chi connectivity index (χ1) is 13.9. The molecule has 1 fully saturated rings. The van der Waals surface area contributed by atoms with Gasteiger partial charge in [0.25, 0.3) is 0 Å². The molecule has 1 aromatic heterocycles. The van der Waals surface area contributed by atoms with Crippen LogP contribution in [0.15, 0.2) is 48.8 Å². The summed E-state index contributed by atoms with van der Waals surface area (Å²) < 4.78 is 46.1. The molecule has 1 spiro atoms. The average molecular weight is 399 g/mol. The lowest BCUT2D eigenvalue weighted by molar-refractivity contribution is -0.137. The fourth-order valence-corrected chi connectivity index (χ4v) is 4.59. The normalized spacial score (nSPS) is 20.4. The number of fused-ring (bicyclic) bond motifs is 2. The van der Waals surface area contributed by atoms with Crippen molar-refractivity contribution in [3.05, 3.63) is 59.9 Å². The van der Waals surface area contributed by atoms with E-state index >= 15 is 0 Å². The van der Waals surface area contributed by atoms with Crippen molar-refractivity contribution in [3.8, 4) is 5.75 Å². The molecule has 2 aliphatic rings. The topological polar surface area (TPSA) is 47.0 Å². The second-order valence-corrected chi connectivity index (χ2v) is 7.88. The number of benzene rings is 2. The smallest absolute Gasteiger partial charge is 0.416 e. The average Bonchev–Trinajstić information content (AvgIpc) is 3.14. The van der Waals surface area contributed by atoms with Gasteiger partial charge in [-0.2, -0.15) is 13.2 Å². The molecule has 7 heteroatoms. The van der Waals surface area contributed by atoms with Gasteiger partial charge in [-0.3, -0.25) is 0 Å². The number of alkyl halides is 3. The zero-order chi connectivity index (χ0) is 20.1. The lowest BCUT2D eigenvalue weighted by Crippen LogP contribution is -2.40. The van der Waals surface area contributed by atoms with Crippen LogP contribution in [-0.2, 0) is 6.18 Å². The van der Waals surface area contributed by atoms with E-state index < -0.39 is 11.7 Å². The highest BCUT2D eigenvalue weighted by molar-refractivity contribution is 5.89. The highest BCUT2D eigenvalue weighted by Gasteiger charge is 2.43. The summed E-state index contributed by atoms with van der Waals surface area (Å²) in [7, 11) is 0. The van der Waals surface area contributed by atoms with Crippen molar-refractivity contribution in [2.24, 2.45) is 0 Å². The zero-order valence-corrected chi connectivity index (χ0v) is 15.7. The van der Waals surface area contributed by atoms with Gasteiger partial charge in [0.1, 0.15) is 23.5 Å². The van der Waals surface area contributed by atoms with Crippen molar-refractivity contribution in [2.75, 3.05) is 5.32 Å². The molecule has 1 atom stereocenters. The largest absolute Gasteiger partial charge is 0.487 e. The van der Waals surface area contributed by atoms with E-state index in [2.05, 4.69) is 15.3 Å². The lowest BCUT2D eigenvalue weighted by Gasteiger charge is -2.40. The second-order valence-electron chi connectivity index (χ2n) is 7.88. The van der Waals surface area contributed by atoms with Crippen molar-refractivity contribution in [3.63, 3.8) is 0 Å². The fourth-order valence-electron chi connectivity index (χ4n) is 4.59. The second kappa shape index (κ2) is 6.61. The van der Waals surface area contributed by atoms with Crippen LogP contribution in [0.1, 0.15) is 49.3 Å². The standard InChI is InChI=1S/C22H20F3N3O/c23-22(24,25)14-7-8-17-16(11-14)20(27-13-26-17)28-18-12-21(9-3-4-10-21)29-19-6-2-1-5-15(18)19/h1-2,5-8,11,13,18H,3-4,9-10,12H2,(H,26,27,28). The number of para-hydroxylation sites is 1. The fraction of sp³-hybridized carbons (Fsp3) is 0.364. The molecule has 0 radical (unpaired) electrons. The van der Waals surface area contributed by atoms with Gasteiger partial charge in [0.15, 0.2) is 0 Å². The number of aromatic nitrogens is 2. The summed E-state index contributed by atoms with van der Waals surface area (Å²) in [6.45, 7) is 0. The Hall–Kier alpha value is -2.83. The Morgan fingerprint density at radius 1 is 1.03 bits per heavy atom. The van der Waals surface area contributed by atoms with Crippen LogP contribution in [0.3, 0.4) is 0 Å². The summed E-state index contributed by atoms with van der Waals surface area (Å²) in [5, 5.41) is 3.78. The van der Waals surface area contributed by atoms with Crippen molar-refractivity contribution in [1.29, 1.82) is 0 Å². The van der Waals surface area contributed by atoms with E-state index in [0.29, 0.717) is 16.7 Å². The predicted molar refractivity (Wildman–Crippen MR) is 104 cm³/mol. The molecule has 1 aliphatic heterocycles. The Kier molecular flexibility index (Phi) is 4.15. The first-order valence-electron chi connectivity index (χ1n) is 9.80. The third kappa shape index (κ3) is 3.28. The number of nitrogens with one attached hydrogen (secondary N) is 1. The van der Waals surface area contributed by atoms with Crippen LogP contribution in [0.4, 0.5) is 19.0 Å². The Bertz CT molecular complexity index is 1060. The first-order valence-corrected chi connectivity index (χ1v) is 9.80. The first kappa shape index (κ1) is 18.2. The van der Waals surface area contributed by atoms with Crippen molar-refractivity contribution < 1.29 is 17.9 Å². The number of hydrogen-bond acceptors (Lipinski definition) is 4. The van der Waals surface area contributed by atoms with Gasteiger partial charge in [-0.25, -0.2) is 9.97 Å². The van der Waals surface area contributed by atoms with Crippen molar-refractivity contribution in [2.45, 2.75) is 49.9 Å². The molecular weight excluding hydrogens is 379 g/mol. The summed E-state index contributed by atoms with van der Waals surface area (Å²) >= 11 is 0. The van der Waals surface area contributed by atoms with E-state index in [1.54, 1.807) is 0 Å². The van der Waals surface area contributed by atoms with Gasteiger partial charge in [-0.15, -0.1) is 0 Å². The SMILES string of the molecule is FC(F)(F)c1ccc2ncnc(NC3CC4(CCCC4)Oc4ccccc43)c2c1. The third-order valence-corrected chi connectivity index (χ3v) is 5.99. The molecule has 5 rings (SSSR count). The maximum atomic E-state index is 13.2. The monoisotopic (exact) mass is 399 g/mol. The van der Waals surface area contributed by atoms with Gasteiger partial charge in [0, 0.05) is 17.4 Å².